The Morgan fingerprint density at radius 3 is 2.90 bits per heavy atom. The van der Waals surface area contributed by atoms with Gasteiger partial charge in [0.1, 0.15) is 0 Å². The summed E-state index contributed by atoms with van der Waals surface area (Å²) >= 11 is 6.03. The molecule has 1 saturated heterocycles. The highest BCUT2D eigenvalue weighted by Crippen LogP contribution is 2.39. The summed E-state index contributed by atoms with van der Waals surface area (Å²) in [5, 5.41) is 6.80. The van der Waals surface area contributed by atoms with Crippen molar-refractivity contribution in [2.24, 2.45) is 0 Å². The van der Waals surface area contributed by atoms with Crippen molar-refractivity contribution in [3.8, 4) is 0 Å². The van der Waals surface area contributed by atoms with Gasteiger partial charge in [-0.05, 0) is 29.3 Å². The molecule has 0 radical (unpaired) electrons. The Bertz CT molecular complexity index is 633. The minimum atomic E-state index is 0.286. The third-order valence-electron chi connectivity index (χ3n) is 3.96. The zero-order valence-electron chi connectivity index (χ0n) is 11.4. The summed E-state index contributed by atoms with van der Waals surface area (Å²) in [6.07, 6.45) is 4.38. The highest BCUT2D eigenvalue weighted by atomic mass is 35.5. The van der Waals surface area contributed by atoms with E-state index in [1.807, 2.05) is 24.4 Å². The number of rotatable bonds is 4. The van der Waals surface area contributed by atoms with Crippen molar-refractivity contribution in [2.75, 3.05) is 18.4 Å². The summed E-state index contributed by atoms with van der Waals surface area (Å²) in [4.78, 5) is 15.0. The Morgan fingerprint density at radius 2 is 2.14 bits per heavy atom. The molecule has 1 aliphatic heterocycles. The number of amides is 1. The molecule has 5 heteroatoms. The van der Waals surface area contributed by atoms with Gasteiger partial charge in [-0.2, -0.15) is 0 Å². The Hall–Kier alpha value is -1.91. The molecule has 21 heavy (non-hydrogen) atoms. The molecule has 3 rings (SSSR count). The second-order valence-electron chi connectivity index (χ2n) is 5.15. The molecular weight excluding hydrogens is 286 g/mol. The van der Waals surface area contributed by atoms with Crippen LogP contribution in [0.15, 0.2) is 42.7 Å². The average molecular weight is 302 g/mol. The summed E-state index contributed by atoms with van der Waals surface area (Å²) in [5.41, 5.74) is 3.09. The van der Waals surface area contributed by atoms with E-state index in [2.05, 4.69) is 21.7 Å². The van der Waals surface area contributed by atoms with Crippen LogP contribution in [0.3, 0.4) is 0 Å². The van der Waals surface area contributed by atoms with E-state index < -0.39 is 0 Å². The van der Waals surface area contributed by atoms with Gasteiger partial charge in [0.15, 0.2) is 0 Å². The number of halogens is 1. The Balaban J connectivity index is 1.97. The first-order valence-electron chi connectivity index (χ1n) is 6.90. The summed E-state index contributed by atoms with van der Waals surface area (Å²) < 4.78 is 0. The third kappa shape index (κ3) is 2.91. The van der Waals surface area contributed by atoms with Crippen LogP contribution in [-0.2, 0) is 4.79 Å². The van der Waals surface area contributed by atoms with E-state index >= 15 is 0 Å². The van der Waals surface area contributed by atoms with Crippen LogP contribution in [0.2, 0.25) is 5.02 Å². The number of nitrogens with one attached hydrogen (secondary N) is 2. The minimum absolute atomic E-state index is 0.286. The van der Waals surface area contributed by atoms with Gasteiger partial charge in [-0.15, -0.1) is 0 Å². The molecule has 4 nitrogen and oxygen atoms in total. The first kappa shape index (κ1) is 14.0. The van der Waals surface area contributed by atoms with Crippen LogP contribution in [0, 0.1) is 0 Å². The predicted molar refractivity (Wildman–Crippen MR) is 83.7 cm³/mol. The fourth-order valence-corrected chi connectivity index (χ4v) is 3.16. The zero-order chi connectivity index (χ0) is 14.7. The first-order valence-corrected chi connectivity index (χ1v) is 7.27. The predicted octanol–water partition coefficient (Wildman–Crippen LogP) is 2.77. The number of carbonyl (C=O) groups excluding carboxylic acids is 1. The topological polar surface area (TPSA) is 54.0 Å². The molecule has 2 unspecified atom stereocenters. The lowest BCUT2D eigenvalue weighted by molar-refractivity contribution is -0.105. The van der Waals surface area contributed by atoms with Crippen LogP contribution in [0.5, 0.6) is 0 Å². The van der Waals surface area contributed by atoms with Crippen molar-refractivity contribution in [1.29, 1.82) is 0 Å². The maximum Gasteiger partial charge on any atom is 0.211 e. The van der Waals surface area contributed by atoms with Crippen molar-refractivity contribution < 1.29 is 4.79 Å². The molecule has 2 aromatic rings. The van der Waals surface area contributed by atoms with E-state index in [-0.39, 0.29) is 5.92 Å². The molecule has 0 saturated carbocycles. The van der Waals surface area contributed by atoms with E-state index in [1.165, 1.54) is 5.56 Å². The molecule has 0 spiro atoms. The molecule has 1 amide bonds. The highest BCUT2D eigenvalue weighted by Gasteiger charge is 2.31. The fourth-order valence-electron chi connectivity index (χ4n) is 2.99. The Morgan fingerprint density at radius 1 is 1.29 bits per heavy atom. The zero-order valence-corrected chi connectivity index (χ0v) is 12.2. The van der Waals surface area contributed by atoms with Crippen molar-refractivity contribution >= 4 is 23.7 Å². The standard InChI is InChI=1S/C16H16ClN3O/c17-12-3-4-13(16(6-12)20-10-21)15-9-19-8-14(15)11-2-1-5-18-7-11/h1-7,10,14-15,19H,8-9H2,(H,20,21). The van der Waals surface area contributed by atoms with Crippen molar-refractivity contribution in [3.63, 3.8) is 0 Å². The van der Waals surface area contributed by atoms with E-state index in [9.17, 15) is 4.79 Å². The number of pyridine rings is 1. The van der Waals surface area contributed by atoms with Crippen LogP contribution in [-0.4, -0.2) is 24.5 Å². The number of hydrogen-bond acceptors (Lipinski definition) is 3. The number of hydrogen-bond donors (Lipinski definition) is 2. The van der Waals surface area contributed by atoms with Gasteiger partial charge in [-0.1, -0.05) is 23.7 Å². The fraction of sp³-hybridized carbons (Fsp3) is 0.250. The minimum Gasteiger partial charge on any atom is -0.328 e. The summed E-state index contributed by atoms with van der Waals surface area (Å²) in [7, 11) is 0. The van der Waals surface area contributed by atoms with Gasteiger partial charge in [0.05, 0.1) is 0 Å². The monoisotopic (exact) mass is 301 g/mol. The molecule has 0 aliphatic carbocycles. The Labute approximate surface area is 128 Å². The lowest BCUT2D eigenvalue weighted by Crippen LogP contribution is -2.12. The summed E-state index contributed by atoms with van der Waals surface area (Å²) in [6, 6.07) is 9.71. The smallest absolute Gasteiger partial charge is 0.211 e. The number of nitrogens with zero attached hydrogens (tertiary/aromatic N) is 1. The second-order valence-corrected chi connectivity index (χ2v) is 5.59. The maximum atomic E-state index is 10.8. The molecule has 2 atom stereocenters. The van der Waals surface area contributed by atoms with Crippen LogP contribution in [0.4, 0.5) is 5.69 Å². The molecule has 0 bridgehead atoms. The normalized spacial score (nSPS) is 21.2. The van der Waals surface area contributed by atoms with Gasteiger partial charge < -0.3 is 10.6 Å². The lowest BCUT2D eigenvalue weighted by Gasteiger charge is -2.21. The number of aromatic nitrogens is 1. The van der Waals surface area contributed by atoms with Crippen molar-refractivity contribution in [3.05, 3.63) is 58.9 Å². The van der Waals surface area contributed by atoms with Crippen LogP contribution < -0.4 is 10.6 Å². The quantitative estimate of drug-likeness (QED) is 0.854. The molecule has 1 aliphatic rings. The number of carbonyl (C=O) groups is 1. The van der Waals surface area contributed by atoms with Crippen molar-refractivity contribution in [2.45, 2.75) is 11.8 Å². The van der Waals surface area contributed by atoms with Gasteiger partial charge >= 0.3 is 0 Å². The third-order valence-corrected chi connectivity index (χ3v) is 4.19. The molecule has 1 aromatic carbocycles. The average Bonchev–Trinajstić information content (AvgIpc) is 2.98. The highest BCUT2D eigenvalue weighted by molar-refractivity contribution is 6.30. The van der Waals surface area contributed by atoms with E-state index in [0.717, 1.165) is 24.3 Å². The van der Waals surface area contributed by atoms with Gasteiger partial charge in [0, 0.05) is 48.0 Å². The molecule has 2 N–H and O–H groups in total. The molecule has 2 heterocycles. The SMILES string of the molecule is O=CNc1cc(Cl)ccc1C1CNCC1c1cccnc1. The first-order chi connectivity index (χ1) is 10.3. The van der Waals surface area contributed by atoms with Gasteiger partial charge in [-0.25, -0.2) is 0 Å². The van der Waals surface area contributed by atoms with Crippen molar-refractivity contribution in [1.82, 2.24) is 10.3 Å². The van der Waals surface area contributed by atoms with E-state index in [0.29, 0.717) is 17.4 Å². The maximum absolute atomic E-state index is 10.8. The van der Waals surface area contributed by atoms with Crippen LogP contribution >= 0.6 is 11.6 Å². The van der Waals surface area contributed by atoms with Gasteiger partial charge in [-0.3, -0.25) is 9.78 Å². The van der Waals surface area contributed by atoms with E-state index in [4.69, 9.17) is 11.6 Å². The number of anilines is 1. The second kappa shape index (κ2) is 6.24. The molecule has 108 valence electrons. The Kier molecular flexibility index (Phi) is 4.18. The number of benzene rings is 1. The van der Waals surface area contributed by atoms with Crippen LogP contribution in [0.25, 0.3) is 0 Å². The largest absolute Gasteiger partial charge is 0.328 e. The van der Waals surface area contributed by atoms with Gasteiger partial charge in [0.2, 0.25) is 6.41 Å². The molecular formula is C16H16ClN3O. The summed E-state index contributed by atoms with van der Waals surface area (Å²) in [6.45, 7) is 1.77. The molecule has 1 aromatic heterocycles. The van der Waals surface area contributed by atoms with Crippen LogP contribution in [0.1, 0.15) is 23.0 Å². The molecule has 1 fully saturated rings. The van der Waals surface area contributed by atoms with Gasteiger partial charge in [0.25, 0.3) is 0 Å². The summed E-state index contributed by atoms with van der Waals surface area (Å²) in [5.74, 6) is 0.626. The van der Waals surface area contributed by atoms with E-state index in [1.54, 1.807) is 12.3 Å². The lowest BCUT2D eigenvalue weighted by atomic mass is 9.84.